The molecule has 0 bridgehead atoms. The van der Waals surface area contributed by atoms with E-state index in [1.165, 1.54) is 0 Å². The summed E-state index contributed by atoms with van der Waals surface area (Å²) in [5.74, 6) is 0. The first-order valence-electron chi connectivity index (χ1n) is 2.08. The van der Waals surface area contributed by atoms with Crippen LogP contribution in [-0.4, -0.2) is 9.97 Å². The van der Waals surface area contributed by atoms with Gasteiger partial charge in [-0.15, -0.1) is 0 Å². The molecule has 0 saturated carbocycles. The minimum Gasteiger partial charge on any atom is -0.339 e. The molecule has 1 aromatic rings. The molecule has 0 aliphatic carbocycles. The Morgan fingerprint density at radius 2 is 2.44 bits per heavy atom. The number of aromatic amines is 1. The first-order valence-corrected chi connectivity index (χ1v) is 10.4. The lowest BCUT2D eigenvalue weighted by molar-refractivity contribution is 1.07. The van der Waals surface area contributed by atoms with Gasteiger partial charge in [0.05, 0.1) is 2.41 Å². The van der Waals surface area contributed by atoms with E-state index in [9.17, 15) is 0 Å². The van der Waals surface area contributed by atoms with Crippen LogP contribution in [0.25, 0.3) is 0 Å². The quantitative estimate of drug-likeness (QED) is 0.624. The van der Waals surface area contributed by atoms with Crippen LogP contribution >= 0.6 is 57.9 Å². The number of hydrogen-bond donors (Lipinski definition) is 1. The molecule has 50 valence electrons. The van der Waals surface area contributed by atoms with Crippen molar-refractivity contribution in [2.24, 2.45) is 0 Å². The second kappa shape index (κ2) is 4.35. The van der Waals surface area contributed by atoms with Crippen LogP contribution in [0.3, 0.4) is 0 Å². The van der Waals surface area contributed by atoms with Gasteiger partial charge in [-0.05, 0) is 55.5 Å². The zero-order chi connectivity index (χ0) is 6.69. The summed E-state index contributed by atoms with van der Waals surface area (Å²) in [4.78, 5) is 7.10. The summed E-state index contributed by atoms with van der Waals surface area (Å²) in [5, 5.41) is 1.02. The SMILES string of the molecule is IP(I)Sc1ncc[nH]1. The fraction of sp³-hybridized carbons (Fsp3) is 0. The standard InChI is InChI=1S/C3H3I2N2PS/c4-8(5)9-3-6-1-2-7-3/h1-2H,(H,6,7). The Bertz CT molecular complexity index is 166. The fourth-order valence-corrected chi connectivity index (χ4v) is 4.78. The van der Waals surface area contributed by atoms with Gasteiger partial charge < -0.3 is 4.98 Å². The molecule has 2 nitrogen and oxygen atoms in total. The van der Waals surface area contributed by atoms with Crippen LogP contribution in [0.4, 0.5) is 0 Å². The minimum atomic E-state index is 0.0119. The average Bonchev–Trinajstić information content (AvgIpc) is 2.15. The monoisotopic (exact) mass is 384 g/mol. The third-order valence-electron chi connectivity index (χ3n) is 0.629. The summed E-state index contributed by atoms with van der Waals surface area (Å²) >= 11 is 6.57. The molecule has 9 heavy (non-hydrogen) atoms. The van der Waals surface area contributed by atoms with Gasteiger partial charge in [0.15, 0.2) is 5.16 Å². The predicted molar refractivity (Wildman–Crippen MR) is 59.4 cm³/mol. The highest BCUT2D eigenvalue weighted by atomic mass is 127. The summed E-state index contributed by atoms with van der Waals surface area (Å²) in [6, 6.07) is 0. The molecule has 0 aliphatic heterocycles. The number of rotatable bonds is 2. The minimum absolute atomic E-state index is 0.0119. The van der Waals surface area contributed by atoms with E-state index in [-0.39, 0.29) is 2.41 Å². The zero-order valence-electron chi connectivity index (χ0n) is 4.21. The van der Waals surface area contributed by atoms with E-state index in [1.807, 2.05) is 6.20 Å². The van der Waals surface area contributed by atoms with Crippen molar-refractivity contribution < 1.29 is 0 Å². The van der Waals surface area contributed by atoms with Gasteiger partial charge in [-0.25, -0.2) is 4.98 Å². The van der Waals surface area contributed by atoms with Gasteiger partial charge in [0.1, 0.15) is 0 Å². The smallest absolute Gasteiger partial charge is 0.171 e. The van der Waals surface area contributed by atoms with Crippen LogP contribution in [0.1, 0.15) is 0 Å². The molecule has 0 spiro atoms. The normalized spacial score (nSPS) is 10.6. The highest BCUT2D eigenvalue weighted by molar-refractivity contribution is 14.3. The molecule has 0 radical (unpaired) electrons. The number of H-pyrrole nitrogens is 1. The summed E-state index contributed by atoms with van der Waals surface area (Å²) < 4.78 is 0.0119. The van der Waals surface area contributed by atoms with Crippen molar-refractivity contribution in [1.29, 1.82) is 0 Å². The van der Waals surface area contributed by atoms with E-state index in [0.717, 1.165) is 5.16 Å². The van der Waals surface area contributed by atoms with Crippen LogP contribution in [0.5, 0.6) is 0 Å². The lowest BCUT2D eigenvalue weighted by atomic mass is 11.0. The molecule has 0 saturated heterocycles. The van der Waals surface area contributed by atoms with Gasteiger partial charge in [-0.2, -0.15) is 0 Å². The summed E-state index contributed by atoms with van der Waals surface area (Å²) in [6.45, 7) is 0. The molecule has 1 aromatic heterocycles. The number of hydrogen-bond acceptors (Lipinski definition) is 2. The Kier molecular flexibility index (Phi) is 4.13. The van der Waals surface area contributed by atoms with E-state index in [1.54, 1.807) is 17.6 Å². The van der Waals surface area contributed by atoms with Gasteiger partial charge in [0, 0.05) is 12.4 Å². The van der Waals surface area contributed by atoms with E-state index >= 15 is 0 Å². The van der Waals surface area contributed by atoms with Crippen LogP contribution in [0.15, 0.2) is 17.6 Å². The van der Waals surface area contributed by atoms with Gasteiger partial charge in [-0.3, -0.25) is 0 Å². The molecular weight excluding hydrogens is 381 g/mol. The largest absolute Gasteiger partial charge is 0.339 e. The van der Waals surface area contributed by atoms with E-state index in [2.05, 4.69) is 54.0 Å². The molecular formula is C3H3I2N2PS. The Hall–Kier alpha value is 1.45. The van der Waals surface area contributed by atoms with Gasteiger partial charge in [0.2, 0.25) is 0 Å². The van der Waals surface area contributed by atoms with Gasteiger partial charge in [-0.1, -0.05) is 0 Å². The van der Waals surface area contributed by atoms with Gasteiger partial charge in [0.25, 0.3) is 0 Å². The molecule has 1 heterocycles. The number of nitrogens with zero attached hydrogens (tertiary/aromatic N) is 1. The predicted octanol–water partition coefficient (Wildman–Crippen LogP) is 3.60. The maximum absolute atomic E-state index is 4.07. The van der Waals surface area contributed by atoms with Crippen molar-refractivity contribution in [2.45, 2.75) is 5.16 Å². The zero-order valence-corrected chi connectivity index (χ0v) is 10.2. The van der Waals surface area contributed by atoms with Crippen molar-refractivity contribution in [3.05, 3.63) is 12.4 Å². The second-order valence-corrected chi connectivity index (χ2v) is 19.1. The first kappa shape index (κ1) is 8.55. The summed E-state index contributed by atoms with van der Waals surface area (Å²) in [6.07, 6.45) is 3.61. The maximum atomic E-state index is 4.07. The lowest BCUT2D eigenvalue weighted by Crippen LogP contribution is -1.64. The molecule has 0 unspecified atom stereocenters. The van der Waals surface area contributed by atoms with Crippen molar-refractivity contribution >= 4 is 57.9 Å². The maximum Gasteiger partial charge on any atom is 0.171 e. The highest BCUT2D eigenvalue weighted by Crippen LogP contribution is 2.66. The molecule has 0 fully saturated rings. The Morgan fingerprint density at radius 1 is 1.67 bits per heavy atom. The number of halogens is 2. The Balaban J connectivity index is 2.48. The number of nitrogens with one attached hydrogen (secondary N) is 1. The van der Waals surface area contributed by atoms with Crippen molar-refractivity contribution in [2.75, 3.05) is 0 Å². The lowest BCUT2D eigenvalue weighted by Gasteiger charge is -1.93. The van der Waals surface area contributed by atoms with Crippen molar-refractivity contribution in [1.82, 2.24) is 9.97 Å². The molecule has 0 aromatic carbocycles. The fourth-order valence-electron chi connectivity index (χ4n) is 0.366. The Labute approximate surface area is 84.4 Å². The molecule has 0 amide bonds. The van der Waals surface area contributed by atoms with Crippen molar-refractivity contribution in [3.63, 3.8) is 0 Å². The van der Waals surface area contributed by atoms with Gasteiger partial charge >= 0.3 is 0 Å². The summed E-state index contributed by atoms with van der Waals surface area (Å²) in [7, 11) is 0. The highest BCUT2D eigenvalue weighted by Gasteiger charge is 2.00. The number of imidazole rings is 1. The Morgan fingerprint density at radius 3 is 2.89 bits per heavy atom. The molecule has 1 N–H and O–H groups in total. The van der Waals surface area contributed by atoms with Crippen LogP contribution in [0, 0.1) is 0 Å². The van der Waals surface area contributed by atoms with Crippen LogP contribution in [0.2, 0.25) is 0 Å². The second-order valence-electron chi connectivity index (χ2n) is 1.19. The average molecular weight is 384 g/mol. The van der Waals surface area contributed by atoms with Crippen LogP contribution in [-0.2, 0) is 0 Å². The first-order chi connectivity index (χ1) is 4.29. The topological polar surface area (TPSA) is 28.7 Å². The van der Waals surface area contributed by atoms with Crippen LogP contribution < -0.4 is 0 Å². The molecule has 6 heteroatoms. The third kappa shape index (κ3) is 3.38. The van der Waals surface area contributed by atoms with E-state index < -0.39 is 0 Å². The molecule has 1 rings (SSSR count). The van der Waals surface area contributed by atoms with E-state index in [4.69, 9.17) is 0 Å². The van der Waals surface area contributed by atoms with E-state index in [0.29, 0.717) is 0 Å². The molecule has 0 atom stereocenters. The molecule has 0 aliphatic rings. The summed E-state index contributed by atoms with van der Waals surface area (Å²) in [5.41, 5.74) is 0. The van der Waals surface area contributed by atoms with Crippen molar-refractivity contribution in [3.8, 4) is 0 Å². The third-order valence-corrected chi connectivity index (χ3v) is 5.64. The number of aromatic nitrogens is 2.